The van der Waals surface area contributed by atoms with Crippen LogP contribution >= 0.6 is 11.3 Å². The highest BCUT2D eigenvalue weighted by molar-refractivity contribution is 7.09. The van der Waals surface area contributed by atoms with Gasteiger partial charge in [0.1, 0.15) is 0 Å². The number of nitrogens with zero attached hydrogens (tertiary/aromatic N) is 4. The monoisotopic (exact) mass is 386 g/mol. The molecule has 3 heterocycles. The normalized spacial score (nSPS) is 17.4. The van der Waals surface area contributed by atoms with Crippen LogP contribution in [0.4, 0.5) is 0 Å². The Bertz CT molecular complexity index is 790. The third-order valence-corrected chi connectivity index (χ3v) is 5.96. The van der Waals surface area contributed by atoms with Crippen LogP contribution in [-0.2, 0) is 22.7 Å². The highest BCUT2D eigenvalue weighted by Gasteiger charge is 2.32. The molecule has 144 valence electrons. The van der Waals surface area contributed by atoms with Gasteiger partial charge in [-0.05, 0) is 18.6 Å². The number of carbonyl (C=O) groups is 2. The molecule has 27 heavy (non-hydrogen) atoms. The summed E-state index contributed by atoms with van der Waals surface area (Å²) in [5.41, 5.74) is 1.77. The quantitative estimate of drug-likeness (QED) is 0.765. The molecule has 2 aromatic heterocycles. The van der Waals surface area contributed by atoms with Crippen LogP contribution in [0.1, 0.15) is 49.0 Å². The van der Waals surface area contributed by atoms with E-state index in [1.165, 1.54) is 0 Å². The van der Waals surface area contributed by atoms with Crippen molar-refractivity contribution in [1.29, 1.82) is 0 Å². The fourth-order valence-electron chi connectivity index (χ4n) is 3.25. The van der Waals surface area contributed by atoms with E-state index in [9.17, 15) is 9.59 Å². The van der Waals surface area contributed by atoms with E-state index in [4.69, 9.17) is 0 Å². The van der Waals surface area contributed by atoms with E-state index in [1.54, 1.807) is 27.3 Å². The van der Waals surface area contributed by atoms with Gasteiger partial charge in [0.05, 0.1) is 35.4 Å². The molecule has 3 rings (SSSR count). The minimum atomic E-state index is -0.167. The molecule has 1 aliphatic rings. The minimum absolute atomic E-state index is 0.0765. The number of likely N-dealkylation sites (tertiary alicyclic amines) is 1. The molecule has 0 spiro atoms. The number of piperidine rings is 1. The fraction of sp³-hybridized carbons (Fsp3) is 0.500. The zero-order valence-electron chi connectivity index (χ0n) is 16.1. The van der Waals surface area contributed by atoms with Gasteiger partial charge < -0.3 is 9.80 Å². The van der Waals surface area contributed by atoms with Crippen molar-refractivity contribution in [2.45, 2.75) is 45.7 Å². The average Bonchev–Trinajstić information content (AvgIpc) is 3.12. The summed E-state index contributed by atoms with van der Waals surface area (Å²) in [7, 11) is 1.82. The molecule has 6 nitrogen and oxygen atoms in total. The van der Waals surface area contributed by atoms with Crippen LogP contribution in [0.25, 0.3) is 0 Å². The summed E-state index contributed by atoms with van der Waals surface area (Å²) in [6, 6.07) is 5.66. The maximum Gasteiger partial charge on any atom is 0.227 e. The number of hydrogen-bond acceptors (Lipinski definition) is 5. The second-order valence-electron chi connectivity index (χ2n) is 7.36. The summed E-state index contributed by atoms with van der Waals surface area (Å²) in [6.07, 6.45) is 2.74. The Hall–Kier alpha value is -2.28. The molecule has 0 bridgehead atoms. The minimum Gasteiger partial charge on any atom is -0.340 e. The third kappa shape index (κ3) is 4.91. The van der Waals surface area contributed by atoms with E-state index in [0.717, 1.165) is 16.4 Å². The molecule has 1 fully saturated rings. The van der Waals surface area contributed by atoms with Gasteiger partial charge in [0.2, 0.25) is 11.8 Å². The molecule has 1 saturated heterocycles. The first-order valence-electron chi connectivity index (χ1n) is 9.31. The van der Waals surface area contributed by atoms with Crippen molar-refractivity contribution < 1.29 is 9.59 Å². The lowest BCUT2D eigenvalue weighted by atomic mass is 9.96. The number of carbonyl (C=O) groups excluding carboxylic acids is 2. The molecule has 2 aromatic rings. The first-order valence-corrected chi connectivity index (χ1v) is 10.2. The molecule has 0 aromatic carbocycles. The highest BCUT2D eigenvalue weighted by atomic mass is 32.1. The predicted molar refractivity (Wildman–Crippen MR) is 105 cm³/mol. The summed E-state index contributed by atoms with van der Waals surface area (Å²) in [5, 5.41) is 3.12. The molecular weight excluding hydrogens is 360 g/mol. The zero-order chi connectivity index (χ0) is 19.4. The van der Waals surface area contributed by atoms with Gasteiger partial charge in [0, 0.05) is 37.5 Å². The Balaban J connectivity index is 1.60. The van der Waals surface area contributed by atoms with Crippen LogP contribution < -0.4 is 0 Å². The topological polar surface area (TPSA) is 66.4 Å². The Labute approximate surface area is 164 Å². The molecular formula is C20H26N4O2S. The Kier molecular flexibility index (Phi) is 6.21. The molecule has 0 saturated carbocycles. The predicted octanol–water partition coefficient (Wildman–Crippen LogP) is 3.06. The van der Waals surface area contributed by atoms with Gasteiger partial charge in [-0.3, -0.25) is 14.6 Å². The molecule has 1 atom stereocenters. The standard InChI is InChI=1S/C20H26N4O2S/c1-14(2)19-22-17(13-27-19)11-23(3)20(26)15-7-8-18(25)24(10-15)12-16-6-4-5-9-21-16/h4-6,9,13-15H,7-8,10-12H2,1-3H3/t15-/m1/s1. The van der Waals surface area contributed by atoms with Crippen molar-refractivity contribution in [2.24, 2.45) is 5.92 Å². The number of amides is 2. The third-order valence-electron chi connectivity index (χ3n) is 4.77. The number of pyridine rings is 1. The summed E-state index contributed by atoms with van der Waals surface area (Å²) < 4.78 is 0. The van der Waals surface area contributed by atoms with Crippen molar-refractivity contribution in [3.05, 3.63) is 46.2 Å². The largest absolute Gasteiger partial charge is 0.340 e. The first-order chi connectivity index (χ1) is 12.9. The smallest absolute Gasteiger partial charge is 0.227 e. The summed E-state index contributed by atoms with van der Waals surface area (Å²) in [4.78, 5) is 37.5. The average molecular weight is 387 g/mol. The number of aromatic nitrogens is 2. The van der Waals surface area contributed by atoms with Crippen LogP contribution in [0, 0.1) is 5.92 Å². The highest BCUT2D eigenvalue weighted by Crippen LogP contribution is 2.23. The lowest BCUT2D eigenvalue weighted by Crippen LogP contribution is -2.45. The van der Waals surface area contributed by atoms with E-state index in [0.29, 0.717) is 38.4 Å². The van der Waals surface area contributed by atoms with Crippen LogP contribution in [0.5, 0.6) is 0 Å². The van der Waals surface area contributed by atoms with Crippen molar-refractivity contribution >= 4 is 23.2 Å². The van der Waals surface area contributed by atoms with E-state index in [-0.39, 0.29) is 17.7 Å². The van der Waals surface area contributed by atoms with Crippen molar-refractivity contribution in [1.82, 2.24) is 19.8 Å². The number of rotatable bonds is 6. The zero-order valence-corrected chi connectivity index (χ0v) is 16.9. The van der Waals surface area contributed by atoms with Crippen LogP contribution in [0.3, 0.4) is 0 Å². The van der Waals surface area contributed by atoms with Gasteiger partial charge in [0.25, 0.3) is 0 Å². The SMILES string of the molecule is CC(C)c1nc(CN(C)C(=O)[C@@H]2CCC(=O)N(Cc3ccccn3)C2)cs1. The van der Waals surface area contributed by atoms with E-state index in [1.807, 2.05) is 30.6 Å². The molecule has 0 unspecified atom stereocenters. The number of thiazole rings is 1. The van der Waals surface area contributed by atoms with Gasteiger partial charge in [-0.1, -0.05) is 19.9 Å². The van der Waals surface area contributed by atoms with Crippen LogP contribution in [-0.4, -0.2) is 45.2 Å². The summed E-state index contributed by atoms with van der Waals surface area (Å²) in [6.45, 7) is 5.65. The second kappa shape index (κ2) is 8.61. The van der Waals surface area contributed by atoms with E-state index < -0.39 is 0 Å². The molecule has 0 N–H and O–H groups in total. The lowest BCUT2D eigenvalue weighted by Gasteiger charge is -2.33. The van der Waals surface area contributed by atoms with Gasteiger partial charge in [-0.2, -0.15) is 0 Å². The van der Waals surface area contributed by atoms with Crippen LogP contribution in [0.2, 0.25) is 0 Å². The summed E-state index contributed by atoms with van der Waals surface area (Å²) >= 11 is 1.64. The second-order valence-corrected chi connectivity index (χ2v) is 8.25. The van der Waals surface area contributed by atoms with Crippen molar-refractivity contribution in [3.63, 3.8) is 0 Å². The van der Waals surface area contributed by atoms with E-state index >= 15 is 0 Å². The molecule has 0 aliphatic carbocycles. The molecule has 1 aliphatic heterocycles. The van der Waals surface area contributed by atoms with E-state index in [2.05, 4.69) is 23.8 Å². The summed E-state index contributed by atoms with van der Waals surface area (Å²) in [5.74, 6) is 0.398. The van der Waals surface area contributed by atoms with Gasteiger partial charge in [-0.15, -0.1) is 11.3 Å². The lowest BCUT2D eigenvalue weighted by molar-refractivity contribution is -0.143. The maximum absolute atomic E-state index is 12.9. The van der Waals surface area contributed by atoms with Gasteiger partial charge >= 0.3 is 0 Å². The van der Waals surface area contributed by atoms with Gasteiger partial charge in [0.15, 0.2) is 0 Å². The number of hydrogen-bond donors (Lipinski definition) is 0. The Morgan fingerprint density at radius 3 is 2.85 bits per heavy atom. The molecule has 7 heteroatoms. The Morgan fingerprint density at radius 2 is 2.19 bits per heavy atom. The van der Waals surface area contributed by atoms with Crippen molar-refractivity contribution in [2.75, 3.05) is 13.6 Å². The molecule has 2 amide bonds. The first kappa shape index (κ1) is 19.5. The molecule has 0 radical (unpaired) electrons. The van der Waals surface area contributed by atoms with Gasteiger partial charge in [-0.25, -0.2) is 4.98 Å². The fourth-order valence-corrected chi connectivity index (χ4v) is 4.08. The van der Waals surface area contributed by atoms with Crippen molar-refractivity contribution in [3.8, 4) is 0 Å². The Morgan fingerprint density at radius 1 is 1.37 bits per heavy atom. The van der Waals surface area contributed by atoms with Crippen LogP contribution in [0.15, 0.2) is 29.8 Å². The maximum atomic E-state index is 12.9.